The number of carboxylic acids is 1. The van der Waals surface area contributed by atoms with Gasteiger partial charge in [0.1, 0.15) is 0 Å². The smallest absolute Gasteiger partial charge is 0.335 e. The molecule has 1 aromatic rings. The van der Waals surface area contributed by atoms with Gasteiger partial charge in [0.05, 0.1) is 12.2 Å². The first-order chi connectivity index (χ1) is 6.74. The average molecular weight is 212 g/mol. The van der Waals surface area contributed by atoms with Crippen LogP contribution in [0.15, 0.2) is 29.2 Å². The minimum absolute atomic E-state index is 0.326. The van der Waals surface area contributed by atoms with E-state index in [2.05, 4.69) is 0 Å². The zero-order valence-electron chi connectivity index (χ0n) is 7.90. The van der Waals surface area contributed by atoms with Gasteiger partial charge in [-0.1, -0.05) is 6.07 Å². The number of rotatable bonds is 5. The lowest BCUT2D eigenvalue weighted by molar-refractivity contribution is 0.0696. The summed E-state index contributed by atoms with van der Waals surface area (Å²) in [6.07, 6.45) is 0. The minimum Gasteiger partial charge on any atom is -0.478 e. The van der Waals surface area contributed by atoms with Gasteiger partial charge in [-0.15, -0.1) is 11.8 Å². The first kappa shape index (κ1) is 11.1. The van der Waals surface area contributed by atoms with E-state index in [1.165, 1.54) is 0 Å². The third kappa shape index (κ3) is 3.40. The Bertz CT molecular complexity index is 312. The van der Waals surface area contributed by atoms with E-state index < -0.39 is 5.97 Å². The summed E-state index contributed by atoms with van der Waals surface area (Å²) in [6.45, 7) is 0.669. The lowest BCUT2D eigenvalue weighted by Crippen LogP contribution is -1.96. The third-order valence-electron chi connectivity index (χ3n) is 1.64. The van der Waals surface area contributed by atoms with Crippen LogP contribution in [0, 0.1) is 0 Å². The van der Waals surface area contributed by atoms with Crippen LogP contribution in [0.3, 0.4) is 0 Å². The molecule has 0 unspecified atom stereocenters. The molecule has 0 bridgehead atoms. The van der Waals surface area contributed by atoms with Crippen molar-refractivity contribution in [2.75, 3.05) is 19.5 Å². The normalized spacial score (nSPS) is 10.1. The van der Waals surface area contributed by atoms with Crippen LogP contribution in [0.1, 0.15) is 10.4 Å². The van der Waals surface area contributed by atoms with Gasteiger partial charge in [0.15, 0.2) is 0 Å². The Morgan fingerprint density at radius 1 is 1.57 bits per heavy atom. The molecule has 0 spiro atoms. The van der Waals surface area contributed by atoms with Crippen molar-refractivity contribution in [3.8, 4) is 0 Å². The van der Waals surface area contributed by atoms with Crippen LogP contribution in [-0.2, 0) is 4.74 Å². The Hall–Kier alpha value is -1.00. The number of methoxy groups -OCH3 is 1. The molecule has 0 heterocycles. The molecule has 0 aromatic heterocycles. The zero-order valence-corrected chi connectivity index (χ0v) is 8.71. The molecular weight excluding hydrogens is 200 g/mol. The van der Waals surface area contributed by atoms with Crippen molar-refractivity contribution in [2.45, 2.75) is 4.90 Å². The van der Waals surface area contributed by atoms with Crippen LogP contribution < -0.4 is 0 Å². The van der Waals surface area contributed by atoms with Crippen molar-refractivity contribution in [3.05, 3.63) is 29.8 Å². The summed E-state index contributed by atoms with van der Waals surface area (Å²) < 4.78 is 4.90. The van der Waals surface area contributed by atoms with Crippen molar-refractivity contribution in [1.29, 1.82) is 0 Å². The molecule has 0 saturated carbocycles. The fraction of sp³-hybridized carbons (Fsp3) is 0.300. The largest absolute Gasteiger partial charge is 0.478 e. The topological polar surface area (TPSA) is 46.5 Å². The van der Waals surface area contributed by atoms with Crippen molar-refractivity contribution < 1.29 is 14.6 Å². The van der Waals surface area contributed by atoms with E-state index in [9.17, 15) is 4.79 Å². The molecule has 0 saturated heterocycles. The summed E-state index contributed by atoms with van der Waals surface area (Å²) in [4.78, 5) is 11.6. The van der Waals surface area contributed by atoms with Gasteiger partial charge < -0.3 is 9.84 Å². The molecule has 0 aliphatic rings. The van der Waals surface area contributed by atoms with Crippen molar-refractivity contribution >= 4 is 17.7 Å². The minimum atomic E-state index is -0.890. The molecule has 1 aromatic carbocycles. The molecule has 4 heteroatoms. The summed E-state index contributed by atoms with van der Waals surface area (Å²) in [6, 6.07) is 6.90. The Kier molecular flexibility index (Phi) is 4.49. The van der Waals surface area contributed by atoms with Gasteiger partial charge in [0.25, 0.3) is 0 Å². The lowest BCUT2D eigenvalue weighted by atomic mass is 10.2. The van der Waals surface area contributed by atoms with Crippen molar-refractivity contribution in [1.82, 2.24) is 0 Å². The Labute approximate surface area is 87.1 Å². The van der Waals surface area contributed by atoms with Crippen LogP contribution >= 0.6 is 11.8 Å². The number of ether oxygens (including phenoxy) is 1. The number of carbonyl (C=O) groups is 1. The van der Waals surface area contributed by atoms with Crippen LogP contribution in [0.5, 0.6) is 0 Å². The van der Waals surface area contributed by atoms with E-state index in [0.717, 1.165) is 10.6 Å². The summed E-state index contributed by atoms with van der Waals surface area (Å²) in [5.74, 6) is -0.0567. The summed E-state index contributed by atoms with van der Waals surface area (Å²) in [5.41, 5.74) is 0.326. The van der Waals surface area contributed by atoms with E-state index in [1.807, 2.05) is 6.07 Å². The second-order valence-electron chi connectivity index (χ2n) is 2.67. The van der Waals surface area contributed by atoms with Crippen molar-refractivity contribution in [2.24, 2.45) is 0 Å². The molecule has 1 rings (SSSR count). The molecule has 0 amide bonds. The Morgan fingerprint density at radius 2 is 2.36 bits per heavy atom. The number of benzene rings is 1. The fourth-order valence-electron chi connectivity index (χ4n) is 0.962. The standard InChI is InChI=1S/C10H12O3S/c1-13-5-6-14-9-4-2-3-8(7-9)10(11)12/h2-4,7H,5-6H2,1H3,(H,11,12). The van der Waals surface area contributed by atoms with Gasteiger partial charge >= 0.3 is 5.97 Å². The molecule has 76 valence electrons. The highest BCUT2D eigenvalue weighted by atomic mass is 32.2. The maximum atomic E-state index is 10.6. The predicted octanol–water partition coefficient (Wildman–Crippen LogP) is 2.12. The second kappa shape index (κ2) is 5.67. The lowest BCUT2D eigenvalue weighted by Gasteiger charge is -2.01. The molecule has 0 fully saturated rings. The first-order valence-electron chi connectivity index (χ1n) is 4.19. The fourth-order valence-corrected chi connectivity index (χ4v) is 1.83. The Morgan fingerprint density at radius 3 is 3.00 bits per heavy atom. The highest BCUT2D eigenvalue weighted by Gasteiger charge is 2.02. The quantitative estimate of drug-likeness (QED) is 0.600. The maximum absolute atomic E-state index is 10.6. The molecule has 14 heavy (non-hydrogen) atoms. The molecule has 0 atom stereocenters. The molecular formula is C10H12O3S. The van der Waals surface area contributed by atoms with Crippen LogP contribution in [0.2, 0.25) is 0 Å². The second-order valence-corrected chi connectivity index (χ2v) is 3.84. The summed E-state index contributed by atoms with van der Waals surface area (Å²) in [5, 5.41) is 8.75. The number of hydrogen-bond acceptors (Lipinski definition) is 3. The first-order valence-corrected chi connectivity index (χ1v) is 5.17. The predicted molar refractivity (Wildman–Crippen MR) is 56.0 cm³/mol. The van der Waals surface area contributed by atoms with E-state index in [-0.39, 0.29) is 0 Å². The van der Waals surface area contributed by atoms with Crippen molar-refractivity contribution in [3.63, 3.8) is 0 Å². The van der Waals surface area contributed by atoms with Gasteiger partial charge in [-0.05, 0) is 18.2 Å². The summed E-state index contributed by atoms with van der Waals surface area (Å²) in [7, 11) is 1.65. The van der Waals surface area contributed by atoms with Crippen LogP contribution in [-0.4, -0.2) is 30.5 Å². The van der Waals surface area contributed by atoms with Gasteiger partial charge in [-0.3, -0.25) is 0 Å². The van der Waals surface area contributed by atoms with Crippen LogP contribution in [0.25, 0.3) is 0 Å². The highest BCUT2D eigenvalue weighted by molar-refractivity contribution is 7.99. The number of hydrogen-bond donors (Lipinski definition) is 1. The molecule has 0 radical (unpaired) electrons. The Balaban J connectivity index is 2.59. The number of aromatic carboxylic acids is 1. The van der Waals surface area contributed by atoms with Gasteiger partial charge in [0.2, 0.25) is 0 Å². The van der Waals surface area contributed by atoms with Crippen LogP contribution in [0.4, 0.5) is 0 Å². The summed E-state index contributed by atoms with van der Waals surface area (Å²) >= 11 is 1.59. The zero-order chi connectivity index (χ0) is 10.4. The van der Waals surface area contributed by atoms with E-state index in [4.69, 9.17) is 9.84 Å². The van der Waals surface area contributed by atoms with E-state index >= 15 is 0 Å². The average Bonchev–Trinajstić information content (AvgIpc) is 2.19. The third-order valence-corrected chi connectivity index (χ3v) is 2.60. The van der Waals surface area contributed by atoms with E-state index in [0.29, 0.717) is 12.2 Å². The van der Waals surface area contributed by atoms with Gasteiger partial charge in [-0.25, -0.2) is 4.79 Å². The van der Waals surface area contributed by atoms with Gasteiger partial charge in [-0.2, -0.15) is 0 Å². The molecule has 0 aliphatic heterocycles. The molecule has 3 nitrogen and oxygen atoms in total. The maximum Gasteiger partial charge on any atom is 0.335 e. The number of thioether (sulfide) groups is 1. The monoisotopic (exact) mass is 212 g/mol. The van der Waals surface area contributed by atoms with E-state index in [1.54, 1.807) is 37.1 Å². The highest BCUT2D eigenvalue weighted by Crippen LogP contribution is 2.18. The molecule has 1 N–H and O–H groups in total. The SMILES string of the molecule is COCCSc1cccc(C(=O)O)c1. The number of carboxylic acid groups (broad SMARTS) is 1. The molecule has 0 aliphatic carbocycles. The van der Waals surface area contributed by atoms with Gasteiger partial charge in [0, 0.05) is 17.8 Å².